The molecule has 0 saturated heterocycles. The lowest BCUT2D eigenvalue weighted by molar-refractivity contribution is 0.0846. The van der Waals surface area contributed by atoms with E-state index in [4.69, 9.17) is 11.6 Å². The summed E-state index contributed by atoms with van der Waals surface area (Å²) in [4.78, 5) is 28.3. The second-order valence-electron chi connectivity index (χ2n) is 5.69. The van der Waals surface area contributed by atoms with E-state index in [-0.39, 0.29) is 0 Å². The van der Waals surface area contributed by atoms with E-state index in [9.17, 15) is 9.59 Å². The molecule has 0 unspecified atom stereocenters. The number of hydrazine groups is 1. The van der Waals surface area contributed by atoms with Crippen LogP contribution in [0.25, 0.3) is 11.1 Å². The van der Waals surface area contributed by atoms with Crippen molar-refractivity contribution >= 4 is 23.4 Å². The van der Waals surface area contributed by atoms with Crippen LogP contribution >= 0.6 is 11.6 Å². The van der Waals surface area contributed by atoms with Crippen LogP contribution in [0.15, 0.2) is 67.0 Å². The van der Waals surface area contributed by atoms with E-state index in [0.29, 0.717) is 16.1 Å². The van der Waals surface area contributed by atoms with Crippen molar-refractivity contribution < 1.29 is 9.59 Å². The molecule has 0 atom stereocenters. The van der Waals surface area contributed by atoms with Gasteiger partial charge in [-0.3, -0.25) is 25.4 Å². The number of nitrogens with one attached hydrogen (secondary N) is 2. The highest BCUT2D eigenvalue weighted by molar-refractivity contribution is 6.31. The fourth-order valence-electron chi connectivity index (χ4n) is 2.34. The number of halogens is 1. The average molecular weight is 366 g/mol. The molecule has 2 amide bonds. The monoisotopic (exact) mass is 365 g/mol. The van der Waals surface area contributed by atoms with Crippen LogP contribution in [0.4, 0.5) is 0 Å². The standard InChI is InChI=1S/C20H16ClN3O2/c1-13-4-5-16(11-18(13)21)20(26)24-23-19(25)15-8-6-14(7-9-15)17-3-2-10-22-12-17/h2-12H,1H3,(H,23,25)(H,24,26). The average Bonchev–Trinajstić information content (AvgIpc) is 2.68. The number of benzene rings is 2. The maximum Gasteiger partial charge on any atom is 0.269 e. The van der Waals surface area contributed by atoms with Gasteiger partial charge in [0.15, 0.2) is 0 Å². The molecule has 0 aliphatic carbocycles. The van der Waals surface area contributed by atoms with E-state index in [2.05, 4.69) is 15.8 Å². The Bertz CT molecular complexity index is 941. The molecule has 0 bridgehead atoms. The summed E-state index contributed by atoms with van der Waals surface area (Å²) in [5, 5.41) is 0.495. The minimum Gasteiger partial charge on any atom is -0.267 e. The minimum atomic E-state index is -0.438. The Morgan fingerprint density at radius 1 is 0.885 bits per heavy atom. The fraction of sp³-hybridized carbons (Fsp3) is 0.0500. The maximum atomic E-state index is 12.2. The molecule has 5 nitrogen and oxygen atoms in total. The molecule has 26 heavy (non-hydrogen) atoms. The predicted molar refractivity (Wildman–Crippen MR) is 101 cm³/mol. The molecule has 2 N–H and O–H groups in total. The highest BCUT2D eigenvalue weighted by Crippen LogP contribution is 2.18. The van der Waals surface area contributed by atoms with Crippen LogP contribution in [0.2, 0.25) is 5.02 Å². The van der Waals surface area contributed by atoms with Crippen molar-refractivity contribution in [2.75, 3.05) is 0 Å². The van der Waals surface area contributed by atoms with Gasteiger partial charge >= 0.3 is 0 Å². The Balaban J connectivity index is 1.63. The maximum absolute atomic E-state index is 12.2. The summed E-state index contributed by atoms with van der Waals surface area (Å²) in [5.74, 6) is -0.846. The number of rotatable bonds is 3. The lowest BCUT2D eigenvalue weighted by Gasteiger charge is -2.09. The Labute approximate surface area is 156 Å². The van der Waals surface area contributed by atoms with Crippen LogP contribution < -0.4 is 10.9 Å². The first-order valence-electron chi connectivity index (χ1n) is 7.92. The van der Waals surface area contributed by atoms with Crippen molar-refractivity contribution in [3.8, 4) is 11.1 Å². The summed E-state index contributed by atoms with van der Waals surface area (Å²) in [6, 6.07) is 15.8. The second-order valence-corrected chi connectivity index (χ2v) is 6.10. The second kappa shape index (κ2) is 7.80. The van der Waals surface area contributed by atoms with Crippen molar-refractivity contribution in [2.24, 2.45) is 0 Å². The fourth-order valence-corrected chi connectivity index (χ4v) is 2.52. The minimum absolute atomic E-state index is 0.368. The highest BCUT2D eigenvalue weighted by Gasteiger charge is 2.10. The quantitative estimate of drug-likeness (QED) is 0.694. The molecule has 0 saturated carbocycles. The first kappa shape index (κ1) is 17.6. The van der Waals surface area contributed by atoms with Crippen LogP contribution in [0, 0.1) is 6.92 Å². The van der Waals surface area contributed by atoms with Crippen molar-refractivity contribution in [1.29, 1.82) is 0 Å². The van der Waals surface area contributed by atoms with E-state index in [1.165, 1.54) is 0 Å². The summed E-state index contributed by atoms with van der Waals surface area (Å²) in [7, 11) is 0. The van der Waals surface area contributed by atoms with Gasteiger partial charge in [0.2, 0.25) is 0 Å². The Hall–Kier alpha value is -3.18. The molecule has 6 heteroatoms. The number of amides is 2. The predicted octanol–water partition coefficient (Wildman–Crippen LogP) is 3.79. The third-order valence-electron chi connectivity index (χ3n) is 3.87. The van der Waals surface area contributed by atoms with E-state index in [1.807, 2.05) is 31.2 Å². The Morgan fingerprint density at radius 2 is 1.54 bits per heavy atom. The summed E-state index contributed by atoms with van der Waals surface area (Å²) >= 11 is 6.01. The van der Waals surface area contributed by atoms with E-state index in [0.717, 1.165) is 16.7 Å². The van der Waals surface area contributed by atoms with E-state index >= 15 is 0 Å². The molecule has 3 aromatic rings. The van der Waals surface area contributed by atoms with Crippen LogP contribution in [-0.2, 0) is 0 Å². The van der Waals surface area contributed by atoms with Gasteiger partial charge in [-0.1, -0.05) is 35.9 Å². The number of carbonyl (C=O) groups excluding carboxylic acids is 2. The molecule has 1 aromatic heterocycles. The van der Waals surface area contributed by atoms with Crippen LogP contribution in [0.3, 0.4) is 0 Å². The molecule has 3 rings (SSSR count). The molecule has 0 spiro atoms. The van der Waals surface area contributed by atoms with Gasteiger partial charge in [-0.15, -0.1) is 0 Å². The third kappa shape index (κ3) is 4.07. The number of nitrogens with zero attached hydrogens (tertiary/aromatic N) is 1. The third-order valence-corrected chi connectivity index (χ3v) is 4.27. The number of pyridine rings is 1. The molecule has 2 aromatic carbocycles. The molecular formula is C20H16ClN3O2. The van der Waals surface area contributed by atoms with Gasteiger partial charge in [-0.2, -0.15) is 0 Å². The van der Waals surface area contributed by atoms with Crippen molar-refractivity contribution in [2.45, 2.75) is 6.92 Å². The Kier molecular flexibility index (Phi) is 5.29. The normalized spacial score (nSPS) is 10.2. The van der Waals surface area contributed by atoms with Gasteiger partial charge < -0.3 is 0 Å². The van der Waals surface area contributed by atoms with Gasteiger partial charge in [-0.05, 0) is 53.9 Å². The van der Waals surface area contributed by atoms with Gasteiger partial charge in [0.05, 0.1) is 0 Å². The number of aromatic nitrogens is 1. The van der Waals surface area contributed by atoms with Crippen molar-refractivity contribution in [1.82, 2.24) is 15.8 Å². The smallest absolute Gasteiger partial charge is 0.267 e. The first-order valence-corrected chi connectivity index (χ1v) is 8.30. The summed E-state index contributed by atoms with van der Waals surface area (Å²) < 4.78 is 0. The zero-order valence-electron chi connectivity index (χ0n) is 14.0. The largest absolute Gasteiger partial charge is 0.269 e. The molecule has 0 aliphatic rings. The lowest BCUT2D eigenvalue weighted by Crippen LogP contribution is -2.41. The zero-order chi connectivity index (χ0) is 18.5. The summed E-state index contributed by atoms with van der Waals surface area (Å²) in [6.07, 6.45) is 3.46. The summed E-state index contributed by atoms with van der Waals surface area (Å²) in [6.45, 7) is 1.85. The van der Waals surface area contributed by atoms with Gasteiger partial charge in [-0.25, -0.2) is 0 Å². The molecule has 0 fully saturated rings. The molecule has 130 valence electrons. The SMILES string of the molecule is Cc1ccc(C(=O)NNC(=O)c2ccc(-c3cccnc3)cc2)cc1Cl. The van der Waals surface area contributed by atoms with Crippen LogP contribution in [-0.4, -0.2) is 16.8 Å². The molecule has 1 heterocycles. The topological polar surface area (TPSA) is 71.1 Å². The summed E-state index contributed by atoms with van der Waals surface area (Å²) in [5.41, 5.74) is 8.37. The highest BCUT2D eigenvalue weighted by atomic mass is 35.5. The Morgan fingerprint density at radius 3 is 2.15 bits per heavy atom. The number of hydrogen-bond acceptors (Lipinski definition) is 3. The number of aryl methyl sites for hydroxylation is 1. The number of hydrogen-bond donors (Lipinski definition) is 2. The van der Waals surface area contributed by atoms with Gasteiger partial charge in [0.1, 0.15) is 0 Å². The van der Waals surface area contributed by atoms with E-state index < -0.39 is 11.8 Å². The zero-order valence-corrected chi connectivity index (χ0v) is 14.7. The lowest BCUT2D eigenvalue weighted by atomic mass is 10.1. The number of carbonyl (C=O) groups is 2. The van der Waals surface area contributed by atoms with Crippen molar-refractivity contribution in [3.05, 3.63) is 88.7 Å². The molecule has 0 radical (unpaired) electrons. The van der Waals surface area contributed by atoms with Gasteiger partial charge in [0, 0.05) is 28.5 Å². The van der Waals surface area contributed by atoms with Crippen LogP contribution in [0.1, 0.15) is 26.3 Å². The van der Waals surface area contributed by atoms with Gasteiger partial charge in [0.25, 0.3) is 11.8 Å². The molecule has 0 aliphatic heterocycles. The van der Waals surface area contributed by atoms with E-state index in [1.54, 1.807) is 42.7 Å². The first-order chi connectivity index (χ1) is 12.5. The van der Waals surface area contributed by atoms with Crippen molar-refractivity contribution in [3.63, 3.8) is 0 Å². The molecular weight excluding hydrogens is 350 g/mol. The van der Waals surface area contributed by atoms with Crippen LogP contribution in [0.5, 0.6) is 0 Å².